The van der Waals surface area contributed by atoms with Crippen LogP contribution in [0.3, 0.4) is 0 Å². The van der Waals surface area contributed by atoms with Crippen LogP contribution in [-0.4, -0.2) is 31.3 Å². The molecule has 0 spiro atoms. The lowest BCUT2D eigenvalue weighted by molar-refractivity contribution is -0.139. The number of carbonyl (C=O) groups excluding carboxylic acids is 1. The van der Waals surface area contributed by atoms with Gasteiger partial charge in [0.15, 0.2) is 0 Å². The summed E-state index contributed by atoms with van der Waals surface area (Å²) in [6.45, 7) is 5.77. The van der Waals surface area contributed by atoms with Crippen molar-refractivity contribution in [2.45, 2.75) is 33.2 Å². The number of esters is 1. The van der Waals surface area contributed by atoms with Crippen LogP contribution in [0.15, 0.2) is 39.5 Å². The zero-order valence-electron chi connectivity index (χ0n) is 17.8. The quantitative estimate of drug-likeness (QED) is 0.437. The molecule has 1 aliphatic rings. The van der Waals surface area contributed by atoms with E-state index in [9.17, 15) is 9.59 Å². The Balaban J connectivity index is 1.63. The lowest BCUT2D eigenvalue weighted by Gasteiger charge is -2.30. The highest BCUT2D eigenvalue weighted by atomic mass is 35.5. The Labute approximate surface area is 185 Å². The van der Waals surface area contributed by atoms with E-state index in [0.717, 1.165) is 52.4 Å². The van der Waals surface area contributed by atoms with Gasteiger partial charge in [-0.15, -0.1) is 0 Å². The molecular formula is C24H24ClNO5. The highest BCUT2D eigenvalue weighted by Crippen LogP contribution is 2.36. The number of ether oxygens (including phenoxy) is 2. The van der Waals surface area contributed by atoms with Crippen LogP contribution in [-0.2, 0) is 28.9 Å². The number of rotatable bonds is 5. The molecule has 0 amide bonds. The lowest BCUT2D eigenvalue weighted by atomic mass is 9.97. The van der Waals surface area contributed by atoms with Crippen molar-refractivity contribution in [1.29, 1.82) is 0 Å². The van der Waals surface area contributed by atoms with Crippen molar-refractivity contribution >= 4 is 28.5 Å². The Kier molecular flexibility index (Phi) is 6.03. The SMILES string of the molecule is COC(=O)Cc1c(C)c2cc3c(c(C)c2oc1=O)OCN(CCc1ccc(Cl)cc1)C3. The van der Waals surface area contributed by atoms with Crippen molar-refractivity contribution < 1.29 is 18.7 Å². The van der Waals surface area contributed by atoms with Crippen LogP contribution in [0.25, 0.3) is 11.0 Å². The van der Waals surface area contributed by atoms with Gasteiger partial charge in [0.1, 0.15) is 18.1 Å². The summed E-state index contributed by atoms with van der Waals surface area (Å²) in [5.74, 6) is 0.291. The monoisotopic (exact) mass is 441 g/mol. The molecule has 0 atom stereocenters. The molecule has 31 heavy (non-hydrogen) atoms. The van der Waals surface area contributed by atoms with Crippen molar-refractivity contribution in [1.82, 2.24) is 4.90 Å². The number of aryl methyl sites for hydroxylation is 2. The molecule has 0 unspecified atom stereocenters. The minimum absolute atomic E-state index is 0.111. The van der Waals surface area contributed by atoms with E-state index in [2.05, 4.69) is 4.90 Å². The fourth-order valence-electron chi connectivity index (χ4n) is 4.00. The largest absolute Gasteiger partial charge is 0.477 e. The highest BCUT2D eigenvalue weighted by Gasteiger charge is 2.24. The number of benzene rings is 2. The summed E-state index contributed by atoms with van der Waals surface area (Å²) >= 11 is 5.97. The number of hydrogen-bond acceptors (Lipinski definition) is 6. The van der Waals surface area contributed by atoms with Gasteiger partial charge in [-0.3, -0.25) is 9.69 Å². The maximum absolute atomic E-state index is 12.5. The Morgan fingerprint density at radius 2 is 1.94 bits per heavy atom. The number of nitrogens with zero attached hydrogens (tertiary/aromatic N) is 1. The molecule has 0 saturated carbocycles. The fraction of sp³-hybridized carbons (Fsp3) is 0.333. The van der Waals surface area contributed by atoms with Gasteiger partial charge in [-0.25, -0.2) is 4.79 Å². The van der Waals surface area contributed by atoms with Crippen LogP contribution < -0.4 is 10.4 Å². The molecule has 3 aromatic rings. The standard InChI is InChI=1S/C24H24ClNO5/c1-14-19-10-17-12-26(9-8-16-4-6-18(25)7-5-16)13-30-22(17)15(2)23(19)31-24(28)20(14)11-21(27)29-3/h4-7,10H,8-9,11-13H2,1-3H3. The number of methoxy groups -OCH3 is 1. The van der Waals surface area contributed by atoms with E-state index in [1.165, 1.54) is 12.7 Å². The van der Waals surface area contributed by atoms with Gasteiger partial charge >= 0.3 is 11.6 Å². The van der Waals surface area contributed by atoms with E-state index in [1.54, 1.807) is 0 Å². The van der Waals surface area contributed by atoms with Gasteiger partial charge in [0, 0.05) is 34.6 Å². The Hall–Kier alpha value is -2.83. The summed E-state index contributed by atoms with van der Waals surface area (Å²) in [7, 11) is 1.30. The number of fused-ring (bicyclic) bond motifs is 2. The molecule has 2 heterocycles. The molecule has 0 bridgehead atoms. The zero-order chi connectivity index (χ0) is 22.1. The average Bonchev–Trinajstić information content (AvgIpc) is 2.77. The number of halogens is 1. The third-order valence-corrected chi connectivity index (χ3v) is 6.05. The van der Waals surface area contributed by atoms with Gasteiger partial charge < -0.3 is 13.9 Å². The third-order valence-electron chi connectivity index (χ3n) is 5.80. The maximum Gasteiger partial charge on any atom is 0.340 e. The molecule has 0 saturated heterocycles. The summed E-state index contributed by atoms with van der Waals surface area (Å²) < 4.78 is 16.4. The van der Waals surface area contributed by atoms with Gasteiger partial charge in [0.25, 0.3) is 0 Å². The molecule has 162 valence electrons. The predicted molar refractivity (Wildman–Crippen MR) is 119 cm³/mol. The van der Waals surface area contributed by atoms with E-state index >= 15 is 0 Å². The van der Waals surface area contributed by atoms with Crippen molar-refractivity contribution in [3.63, 3.8) is 0 Å². The molecule has 2 aromatic carbocycles. The summed E-state index contributed by atoms with van der Waals surface area (Å²) in [6.07, 6.45) is 0.778. The average molecular weight is 442 g/mol. The number of hydrogen-bond donors (Lipinski definition) is 0. The first-order chi connectivity index (χ1) is 14.9. The molecule has 0 radical (unpaired) electrons. The second-order valence-corrected chi connectivity index (χ2v) is 8.25. The van der Waals surface area contributed by atoms with Crippen LogP contribution in [0.5, 0.6) is 5.75 Å². The molecule has 4 rings (SSSR count). The molecule has 7 heteroatoms. The van der Waals surface area contributed by atoms with Crippen molar-refractivity contribution in [2.24, 2.45) is 0 Å². The smallest absolute Gasteiger partial charge is 0.340 e. The predicted octanol–water partition coefficient (Wildman–Crippen LogP) is 4.17. The van der Waals surface area contributed by atoms with Crippen molar-refractivity contribution in [2.75, 3.05) is 20.4 Å². The maximum atomic E-state index is 12.5. The van der Waals surface area contributed by atoms with Crippen LogP contribution in [0.4, 0.5) is 0 Å². The molecule has 0 fully saturated rings. The Morgan fingerprint density at radius 1 is 1.19 bits per heavy atom. The second-order valence-electron chi connectivity index (χ2n) is 7.81. The molecule has 1 aliphatic heterocycles. The summed E-state index contributed by atoms with van der Waals surface area (Å²) in [5, 5.41) is 1.55. The van der Waals surface area contributed by atoms with Crippen LogP contribution >= 0.6 is 11.6 Å². The zero-order valence-corrected chi connectivity index (χ0v) is 18.5. The van der Waals surface area contributed by atoms with Gasteiger partial charge in [-0.05, 0) is 49.6 Å². The molecule has 0 N–H and O–H groups in total. The molecule has 1 aromatic heterocycles. The first-order valence-corrected chi connectivity index (χ1v) is 10.5. The van der Waals surface area contributed by atoms with E-state index in [1.807, 2.05) is 44.2 Å². The molecule has 0 aliphatic carbocycles. The topological polar surface area (TPSA) is 69.0 Å². The minimum Gasteiger partial charge on any atom is -0.477 e. The molecular weight excluding hydrogens is 418 g/mol. The lowest BCUT2D eigenvalue weighted by Crippen LogP contribution is -2.34. The summed E-state index contributed by atoms with van der Waals surface area (Å²) in [5.41, 5.74) is 4.11. The van der Waals surface area contributed by atoms with E-state index in [4.69, 9.17) is 25.5 Å². The summed E-state index contributed by atoms with van der Waals surface area (Å²) in [4.78, 5) is 26.5. The first kappa shape index (κ1) is 21.4. The minimum atomic E-state index is -0.515. The van der Waals surface area contributed by atoms with E-state index in [-0.39, 0.29) is 6.42 Å². The van der Waals surface area contributed by atoms with Crippen LogP contribution in [0.2, 0.25) is 5.02 Å². The molecule has 6 nitrogen and oxygen atoms in total. The Morgan fingerprint density at radius 3 is 2.65 bits per heavy atom. The van der Waals surface area contributed by atoms with Crippen molar-refractivity contribution in [3.05, 3.63) is 73.6 Å². The van der Waals surface area contributed by atoms with Gasteiger partial charge in [0.05, 0.1) is 19.1 Å². The van der Waals surface area contributed by atoms with Gasteiger partial charge in [-0.2, -0.15) is 0 Å². The normalized spacial score (nSPS) is 13.7. The van der Waals surface area contributed by atoms with Crippen LogP contribution in [0, 0.1) is 13.8 Å². The summed E-state index contributed by atoms with van der Waals surface area (Å²) in [6, 6.07) is 9.87. The highest BCUT2D eigenvalue weighted by molar-refractivity contribution is 6.30. The van der Waals surface area contributed by atoms with E-state index < -0.39 is 11.6 Å². The number of carbonyl (C=O) groups is 1. The fourth-order valence-corrected chi connectivity index (χ4v) is 4.12. The Bertz CT molecular complexity index is 1200. The van der Waals surface area contributed by atoms with Gasteiger partial charge in [-0.1, -0.05) is 23.7 Å². The second kappa shape index (κ2) is 8.73. The van der Waals surface area contributed by atoms with Crippen LogP contribution in [0.1, 0.15) is 27.8 Å². The van der Waals surface area contributed by atoms with E-state index in [0.29, 0.717) is 17.9 Å². The van der Waals surface area contributed by atoms with Gasteiger partial charge in [0.2, 0.25) is 0 Å². The van der Waals surface area contributed by atoms with Crippen molar-refractivity contribution in [3.8, 4) is 5.75 Å². The third kappa shape index (κ3) is 4.31. The first-order valence-electron chi connectivity index (χ1n) is 10.1.